The summed E-state index contributed by atoms with van der Waals surface area (Å²) < 4.78 is 5.28. The third-order valence-corrected chi connectivity index (χ3v) is 6.24. The monoisotopic (exact) mass is 369 g/mol. The number of carbonyl (C=O) groups excluding carboxylic acids is 1. The molecule has 2 aliphatic rings. The van der Waals surface area contributed by atoms with Crippen LogP contribution in [0.15, 0.2) is 24.3 Å². The molecule has 1 aromatic heterocycles. The summed E-state index contributed by atoms with van der Waals surface area (Å²) in [6.07, 6.45) is 8.84. The van der Waals surface area contributed by atoms with Crippen LogP contribution in [0.4, 0.5) is 0 Å². The van der Waals surface area contributed by atoms with Crippen molar-refractivity contribution in [2.75, 3.05) is 26.7 Å². The number of rotatable bonds is 5. The molecule has 1 saturated carbocycles. The number of likely N-dealkylation sites (tertiary alicyclic amines) is 1. The summed E-state index contributed by atoms with van der Waals surface area (Å²) in [5.41, 5.74) is 1.61. The summed E-state index contributed by atoms with van der Waals surface area (Å²) in [6.45, 7) is 3.58. The standard InChI is InChI=1S/C22H31N3O2/c1-27-18-9-10-20-17(13-18)14-21(23-20)22(26)24-19-8-4-3-7-16(19)15-25-11-5-2-6-12-25/h9-10,13-14,16,19,23H,2-8,11-12,15H2,1H3,(H,24,26)/t16-,19+/m0/s1. The van der Waals surface area contributed by atoms with E-state index in [9.17, 15) is 4.79 Å². The van der Waals surface area contributed by atoms with Gasteiger partial charge < -0.3 is 19.9 Å². The first-order valence-corrected chi connectivity index (χ1v) is 10.4. The molecule has 0 spiro atoms. The number of aromatic amines is 1. The topological polar surface area (TPSA) is 57.4 Å². The Morgan fingerprint density at radius 2 is 1.96 bits per heavy atom. The lowest BCUT2D eigenvalue weighted by Crippen LogP contribution is -2.47. The molecule has 2 fully saturated rings. The maximum Gasteiger partial charge on any atom is 0.267 e. The van der Waals surface area contributed by atoms with Crippen molar-refractivity contribution in [3.05, 3.63) is 30.0 Å². The van der Waals surface area contributed by atoms with Gasteiger partial charge >= 0.3 is 0 Å². The summed E-state index contributed by atoms with van der Waals surface area (Å²) in [7, 11) is 1.66. The molecule has 1 amide bonds. The van der Waals surface area contributed by atoms with Crippen molar-refractivity contribution in [2.45, 2.75) is 51.0 Å². The number of piperidine rings is 1. The Morgan fingerprint density at radius 1 is 1.15 bits per heavy atom. The van der Waals surface area contributed by atoms with Gasteiger partial charge in [0.15, 0.2) is 0 Å². The second-order valence-corrected chi connectivity index (χ2v) is 8.12. The smallest absolute Gasteiger partial charge is 0.267 e. The van der Waals surface area contributed by atoms with Gasteiger partial charge in [-0.3, -0.25) is 4.79 Å². The van der Waals surface area contributed by atoms with Crippen LogP contribution in [0.2, 0.25) is 0 Å². The first-order valence-electron chi connectivity index (χ1n) is 10.4. The molecule has 0 radical (unpaired) electrons. The van der Waals surface area contributed by atoms with Gasteiger partial charge in [0.25, 0.3) is 5.91 Å². The third-order valence-electron chi connectivity index (χ3n) is 6.24. The number of methoxy groups -OCH3 is 1. The number of ether oxygens (including phenoxy) is 1. The number of nitrogens with zero attached hydrogens (tertiary/aromatic N) is 1. The van der Waals surface area contributed by atoms with E-state index < -0.39 is 0 Å². The van der Waals surface area contributed by atoms with Gasteiger partial charge in [0.05, 0.1) is 7.11 Å². The summed E-state index contributed by atoms with van der Waals surface area (Å²) in [5.74, 6) is 1.40. The van der Waals surface area contributed by atoms with Crippen LogP contribution in [0.25, 0.3) is 10.9 Å². The number of carbonyl (C=O) groups is 1. The predicted molar refractivity (Wildman–Crippen MR) is 108 cm³/mol. The number of fused-ring (bicyclic) bond motifs is 1. The number of hydrogen-bond acceptors (Lipinski definition) is 3. The molecule has 1 aromatic carbocycles. The lowest BCUT2D eigenvalue weighted by atomic mass is 9.83. The van der Waals surface area contributed by atoms with Crippen LogP contribution in [0.3, 0.4) is 0 Å². The first kappa shape index (κ1) is 18.4. The largest absolute Gasteiger partial charge is 0.497 e. The Labute approximate surface area is 161 Å². The van der Waals surface area contributed by atoms with Crippen molar-refractivity contribution >= 4 is 16.8 Å². The average Bonchev–Trinajstić information content (AvgIpc) is 3.13. The van der Waals surface area contributed by atoms with Crippen LogP contribution in [-0.2, 0) is 0 Å². The van der Waals surface area contributed by atoms with Crippen LogP contribution < -0.4 is 10.1 Å². The highest BCUT2D eigenvalue weighted by Crippen LogP contribution is 2.27. The molecule has 2 aromatic rings. The highest BCUT2D eigenvalue weighted by Gasteiger charge is 2.29. The van der Waals surface area contributed by atoms with Gasteiger partial charge in [0.2, 0.25) is 0 Å². The molecular weight excluding hydrogens is 338 g/mol. The van der Waals surface area contributed by atoms with Gasteiger partial charge in [-0.2, -0.15) is 0 Å². The van der Waals surface area contributed by atoms with Crippen molar-refractivity contribution < 1.29 is 9.53 Å². The molecule has 5 heteroatoms. The maximum absolute atomic E-state index is 12.9. The highest BCUT2D eigenvalue weighted by atomic mass is 16.5. The van der Waals surface area contributed by atoms with Crippen molar-refractivity contribution in [3.63, 3.8) is 0 Å². The number of H-pyrrole nitrogens is 1. The molecule has 5 nitrogen and oxygen atoms in total. The van der Waals surface area contributed by atoms with Crippen molar-refractivity contribution in [1.29, 1.82) is 0 Å². The number of aromatic nitrogens is 1. The van der Waals surface area contributed by atoms with E-state index in [1.54, 1.807) is 7.11 Å². The Balaban J connectivity index is 1.43. The summed E-state index contributed by atoms with van der Waals surface area (Å²) >= 11 is 0. The van der Waals surface area contributed by atoms with Crippen LogP contribution in [-0.4, -0.2) is 48.6 Å². The van der Waals surface area contributed by atoms with Crippen molar-refractivity contribution in [3.8, 4) is 5.75 Å². The fourth-order valence-corrected chi connectivity index (χ4v) is 4.70. The zero-order valence-electron chi connectivity index (χ0n) is 16.3. The fourth-order valence-electron chi connectivity index (χ4n) is 4.70. The fraction of sp³-hybridized carbons (Fsp3) is 0.591. The second-order valence-electron chi connectivity index (χ2n) is 8.12. The minimum absolute atomic E-state index is 0.0145. The van der Waals surface area contributed by atoms with E-state index in [1.165, 1.54) is 51.6 Å². The van der Waals surface area contributed by atoms with E-state index >= 15 is 0 Å². The second kappa shape index (κ2) is 8.34. The average molecular weight is 370 g/mol. The molecule has 1 saturated heterocycles. The maximum atomic E-state index is 12.9. The van der Waals surface area contributed by atoms with Gasteiger partial charge in [0, 0.05) is 23.5 Å². The van der Waals surface area contributed by atoms with Crippen LogP contribution >= 0.6 is 0 Å². The minimum Gasteiger partial charge on any atom is -0.497 e. The van der Waals surface area contributed by atoms with Crippen LogP contribution in [0.1, 0.15) is 55.4 Å². The van der Waals surface area contributed by atoms with E-state index in [1.807, 2.05) is 24.3 Å². The molecule has 0 unspecified atom stereocenters. The molecule has 27 heavy (non-hydrogen) atoms. The Morgan fingerprint density at radius 3 is 2.78 bits per heavy atom. The number of amides is 1. The molecule has 2 atom stereocenters. The summed E-state index contributed by atoms with van der Waals surface area (Å²) in [4.78, 5) is 18.7. The lowest BCUT2D eigenvalue weighted by Gasteiger charge is -2.37. The molecule has 2 heterocycles. The summed E-state index contributed by atoms with van der Waals surface area (Å²) in [6, 6.07) is 8.05. The lowest BCUT2D eigenvalue weighted by molar-refractivity contribution is 0.0873. The Bertz CT molecular complexity index is 779. The van der Waals surface area contributed by atoms with Crippen LogP contribution in [0.5, 0.6) is 5.75 Å². The quantitative estimate of drug-likeness (QED) is 0.839. The van der Waals surface area contributed by atoms with E-state index in [-0.39, 0.29) is 11.9 Å². The molecule has 4 rings (SSSR count). The van der Waals surface area contributed by atoms with Gasteiger partial charge in [-0.25, -0.2) is 0 Å². The van der Waals surface area contributed by atoms with Crippen molar-refractivity contribution in [1.82, 2.24) is 15.2 Å². The van der Waals surface area contributed by atoms with Crippen LogP contribution in [0, 0.1) is 5.92 Å². The van der Waals surface area contributed by atoms with E-state index in [0.717, 1.165) is 29.6 Å². The van der Waals surface area contributed by atoms with E-state index in [0.29, 0.717) is 11.6 Å². The minimum atomic E-state index is 0.0145. The number of hydrogen-bond donors (Lipinski definition) is 2. The molecule has 1 aliphatic heterocycles. The van der Waals surface area contributed by atoms with Gasteiger partial charge in [-0.1, -0.05) is 19.3 Å². The van der Waals surface area contributed by atoms with E-state index in [4.69, 9.17) is 4.74 Å². The summed E-state index contributed by atoms with van der Waals surface area (Å²) in [5, 5.41) is 4.34. The van der Waals surface area contributed by atoms with Gasteiger partial charge in [0.1, 0.15) is 11.4 Å². The molecular formula is C22H31N3O2. The van der Waals surface area contributed by atoms with Gasteiger partial charge in [-0.15, -0.1) is 0 Å². The Kier molecular flexibility index (Phi) is 5.67. The number of benzene rings is 1. The molecule has 0 bridgehead atoms. The molecule has 1 aliphatic carbocycles. The molecule has 2 N–H and O–H groups in total. The predicted octanol–water partition coefficient (Wildman–Crippen LogP) is 3.95. The van der Waals surface area contributed by atoms with Gasteiger partial charge in [-0.05, 0) is 69.0 Å². The Hall–Kier alpha value is -2.01. The zero-order valence-corrected chi connectivity index (χ0v) is 16.3. The molecule has 146 valence electrons. The zero-order chi connectivity index (χ0) is 18.6. The SMILES string of the molecule is COc1ccc2[nH]c(C(=O)N[C@@H]3CCCC[C@H]3CN3CCCCC3)cc2c1. The van der Waals surface area contributed by atoms with E-state index in [2.05, 4.69) is 15.2 Å². The number of nitrogens with one attached hydrogen (secondary N) is 2. The van der Waals surface area contributed by atoms with Crippen molar-refractivity contribution in [2.24, 2.45) is 5.92 Å². The third kappa shape index (κ3) is 4.29. The first-order chi connectivity index (χ1) is 13.2. The normalized spacial score (nSPS) is 24.0. The highest BCUT2D eigenvalue weighted by molar-refractivity contribution is 5.98.